The van der Waals surface area contributed by atoms with Crippen LogP contribution in [0.4, 0.5) is 10.5 Å². The summed E-state index contributed by atoms with van der Waals surface area (Å²) in [6.45, 7) is 0.549. The normalized spacial score (nSPS) is 12.1. The predicted molar refractivity (Wildman–Crippen MR) is 123 cm³/mol. The van der Waals surface area contributed by atoms with Crippen LogP contribution in [-0.4, -0.2) is 22.8 Å². The predicted octanol–water partition coefficient (Wildman–Crippen LogP) is 5.20. The van der Waals surface area contributed by atoms with Crippen molar-refractivity contribution in [3.05, 3.63) is 78.8 Å². The summed E-state index contributed by atoms with van der Waals surface area (Å²) in [7, 11) is 0. The molecule has 4 heterocycles. The standard InChI is InChI=1S/C25H18N4O5/c30-25(26-13-15-5-8-19-22(11-15)34-14-33-19)27-16-6-7-17-18(12-16)29-24(21-4-2-10-32-21)23(28-17)20-3-1-9-31-20/h1-12H,13-14H2,(H2,26,27,30). The molecule has 1 aliphatic heterocycles. The Morgan fingerprint density at radius 3 is 2.29 bits per heavy atom. The van der Waals surface area contributed by atoms with Gasteiger partial charge in [-0.2, -0.15) is 0 Å². The molecule has 0 fully saturated rings. The van der Waals surface area contributed by atoms with E-state index in [9.17, 15) is 4.79 Å². The van der Waals surface area contributed by atoms with Crippen LogP contribution >= 0.6 is 0 Å². The number of nitrogens with zero attached hydrogens (tertiary/aromatic N) is 2. The van der Waals surface area contributed by atoms with Gasteiger partial charge in [-0.1, -0.05) is 6.07 Å². The number of ether oxygens (including phenoxy) is 2. The molecule has 0 aliphatic carbocycles. The third kappa shape index (κ3) is 3.79. The van der Waals surface area contributed by atoms with Gasteiger partial charge < -0.3 is 28.9 Å². The number of benzene rings is 2. The first-order valence-corrected chi connectivity index (χ1v) is 10.6. The Morgan fingerprint density at radius 2 is 1.56 bits per heavy atom. The Morgan fingerprint density at radius 1 is 0.824 bits per heavy atom. The number of rotatable bonds is 5. The summed E-state index contributed by atoms with van der Waals surface area (Å²) in [5.74, 6) is 2.54. The van der Waals surface area contributed by atoms with Gasteiger partial charge in [0.1, 0.15) is 11.4 Å². The molecular weight excluding hydrogens is 436 g/mol. The lowest BCUT2D eigenvalue weighted by Gasteiger charge is -2.10. The molecule has 0 spiro atoms. The molecule has 0 unspecified atom stereocenters. The van der Waals surface area contributed by atoms with Gasteiger partial charge >= 0.3 is 6.03 Å². The van der Waals surface area contributed by atoms with E-state index in [1.54, 1.807) is 42.9 Å². The van der Waals surface area contributed by atoms with E-state index in [2.05, 4.69) is 10.6 Å². The van der Waals surface area contributed by atoms with Gasteiger partial charge in [-0.25, -0.2) is 14.8 Å². The van der Waals surface area contributed by atoms with Crippen molar-refractivity contribution in [1.82, 2.24) is 15.3 Å². The van der Waals surface area contributed by atoms with E-state index in [1.165, 1.54) is 0 Å². The third-order valence-corrected chi connectivity index (χ3v) is 5.32. The van der Waals surface area contributed by atoms with Crippen molar-refractivity contribution in [3.63, 3.8) is 0 Å². The fraction of sp³-hybridized carbons (Fsp3) is 0.0800. The Kier molecular flexibility index (Phi) is 4.84. The van der Waals surface area contributed by atoms with Crippen LogP contribution in [-0.2, 0) is 6.54 Å². The minimum absolute atomic E-state index is 0.211. The number of amides is 2. The molecule has 2 N–H and O–H groups in total. The van der Waals surface area contributed by atoms with Crippen LogP contribution in [0.2, 0.25) is 0 Å². The van der Waals surface area contributed by atoms with Crippen LogP contribution in [0, 0.1) is 0 Å². The average Bonchev–Trinajstić information content (AvgIpc) is 3.64. The van der Waals surface area contributed by atoms with Gasteiger partial charge in [0.05, 0.1) is 23.6 Å². The second-order valence-corrected chi connectivity index (χ2v) is 7.57. The maximum Gasteiger partial charge on any atom is 0.319 e. The first-order chi connectivity index (χ1) is 16.7. The van der Waals surface area contributed by atoms with Crippen LogP contribution in [0.5, 0.6) is 11.5 Å². The number of carbonyl (C=O) groups excluding carboxylic acids is 1. The van der Waals surface area contributed by atoms with Crippen molar-refractivity contribution >= 4 is 22.8 Å². The van der Waals surface area contributed by atoms with Gasteiger partial charge in [0.25, 0.3) is 0 Å². The SMILES string of the molecule is O=C(NCc1ccc2c(c1)OCO2)Nc1ccc2nc(-c3ccco3)c(-c3ccco3)nc2c1. The van der Waals surface area contributed by atoms with E-state index in [0.717, 1.165) is 5.56 Å². The number of anilines is 1. The Hall–Kier alpha value is -4.79. The Balaban J connectivity index is 1.23. The van der Waals surface area contributed by atoms with Crippen molar-refractivity contribution in [2.45, 2.75) is 6.54 Å². The maximum absolute atomic E-state index is 12.5. The number of fused-ring (bicyclic) bond motifs is 2. The molecule has 0 saturated carbocycles. The van der Waals surface area contributed by atoms with Gasteiger partial charge in [-0.05, 0) is 60.2 Å². The number of urea groups is 1. The minimum atomic E-state index is -0.344. The largest absolute Gasteiger partial charge is 0.463 e. The smallest absolute Gasteiger partial charge is 0.319 e. The monoisotopic (exact) mass is 454 g/mol. The molecule has 9 heteroatoms. The summed E-state index contributed by atoms with van der Waals surface area (Å²) in [6.07, 6.45) is 3.16. The summed E-state index contributed by atoms with van der Waals surface area (Å²) in [4.78, 5) is 22.0. The zero-order valence-corrected chi connectivity index (χ0v) is 17.8. The van der Waals surface area contributed by atoms with E-state index in [0.29, 0.717) is 57.7 Å². The summed E-state index contributed by atoms with van der Waals surface area (Å²) >= 11 is 0. The molecule has 34 heavy (non-hydrogen) atoms. The average molecular weight is 454 g/mol. The first kappa shape index (κ1) is 19.9. The maximum atomic E-state index is 12.5. The highest BCUT2D eigenvalue weighted by molar-refractivity contribution is 5.92. The molecule has 9 nitrogen and oxygen atoms in total. The van der Waals surface area contributed by atoms with E-state index in [4.69, 9.17) is 28.3 Å². The topological polar surface area (TPSA) is 112 Å². The number of aromatic nitrogens is 2. The molecule has 2 aromatic carbocycles. The molecule has 0 radical (unpaired) electrons. The van der Waals surface area contributed by atoms with Gasteiger partial charge in [-0.15, -0.1) is 0 Å². The fourth-order valence-electron chi connectivity index (χ4n) is 3.71. The van der Waals surface area contributed by atoms with Crippen molar-refractivity contribution in [2.24, 2.45) is 0 Å². The van der Waals surface area contributed by atoms with Crippen LogP contribution in [0.15, 0.2) is 82.0 Å². The third-order valence-electron chi connectivity index (χ3n) is 5.32. The lowest BCUT2D eigenvalue weighted by Crippen LogP contribution is -2.28. The number of hydrogen-bond donors (Lipinski definition) is 2. The van der Waals surface area contributed by atoms with E-state index < -0.39 is 0 Å². The van der Waals surface area contributed by atoms with Crippen LogP contribution < -0.4 is 20.1 Å². The van der Waals surface area contributed by atoms with Crippen molar-refractivity contribution in [3.8, 4) is 34.4 Å². The minimum Gasteiger partial charge on any atom is -0.463 e. The molecular formula is C25H18N4O5. The number of nitrogens with one attached hydrogen (secondary N) is 2. The Bertz CT molecular complexity index is 1480. The van der Waals surface area contributed by atoms with Crippen molar-refractivity contribution in [1.29, 1.82) is 0 Å². The number of furan rings is 2. The van der Waals surface area contributed by atoms with Gasteiger partial charge in [0.15, 0.2) is 23.0 Å². The Labute approximate surface area is 193 Å². The molecule has 168 valence electrons. The molecule has 0 saturated heterocycles. The van der Waals surface area contributed by atoms with E-state index in [-0.39, 0.29) is 12.8 Å². The molecule has 2 amide bonds. The highest BCUT2D eigenvalue weighted by atomic mass is 16.7. The zero-order valence-electron chi connectivity index (χ0n) is 17.8. The molecule has 5 aromatic rings. The fourth-order valence-corrected chi connectivity index (χ4v) is 3.71. The summed E-state index contributed by atoms with van der Waals surface area (Å²) < 4.78 is 21.8. The first-order valence-electron chi connectivity index (χ1n) is 10.6. The highest BCUT2D eigenvalue weighted by Gasteiger charge is 2.18. The molecule has 0 atom stereocenters. The van der Waals surface area contributed by atoms with Gasteiger partial charge in [0, 0.05) is 12.2 Å². The van der Waals surface area contributed by atoms with E-state index in [1.807, 2.05) is 30.3 Å². The zero-order chi connectivity index (χ0) is 22.9. The summed E-state index contributed by atoms with van der Waals surface area (Å²) in [5.41, 5.74) is 3.88. The molecule has 3 aromatic heterocycles. The van der Waals surface area contributed by atoms with Crippen LogP contribution in [0.25, 0.3) is 33.9 Å². The molecule has 6 rings (SSSR count). The molecule has 0 bridgehead atoms. The van der Waals surface area contributed by atoms with Crippen molar-refractivity contribution in [2.75, 3.05) is 12.1 Å². The van der Waals surface area contributed by atoms with Crippen LogP contribution in [0.1, 0.15) is 5.56 Å². The molecule has 1 aliphatic rings. The van der Waals surface area contributed by atoms with Crippen molar-refractivity contribution < 1.29 is 23.1 Å². The lowest BCUT2D eigenvalue weighted by atomic mass is 10.1. The second kappa shape index (κ2) is 8.28. The van der Waals surface area contributed by atoms with Gasteiger partial charge in [-0.3, -0.25) is 0 Å². The highest BCUT2D eigenvalue weighted by Crippen LogP contribution is 2.33. The van der Waals surface area contributed by atoms with Gasteiger partial charge in [0.2, 0.25) is 6.79 Å². The quantitative estimate of drug-likeness (QED) is 0.375. The van der Waals surface area contributed by atoms with Crippen LogP contribution in [0.3, 0.4) is 0 Å². The van der Waals surface area contributed by atoms with E-state index >= 15 is 0 Å². The lowest BCUT2D eigenvalue weighted by molar-refractivity contribution is 0.174. The number of hydrogen-bond acceptors (Lipinski definition) is 7. The summed E-state index contributed by atoms with van der Waals surface area (Å²) in [5, 5.41) is 5.68. The second-order valence-electron chi connectivity index (χ2n) is 7.57. The number of carbonyl (C=O) groups is 1. The summed E-state index contributed by atoms with van der Waals surface area (Å²) in [6, 6.07) is 17.8.